The molecule has 0 atom stereocenters. The number of carbonyl (C=O) groups is 1. The van der Waals surface area contributed by atoms with Gasteiger partial charge in [0.2, 0.25) is 0 Å². The molecule has 0 heterocycles. The summed E-state index contributed by atoms with van der Waals surface area (Å²) in [6.45, 7) is -0.836. The van der Waals surface area contributed by atoms with Gasteiger partial charge in [0, 0.05) is 0 Å². The number of halogens is 1. The topological polar surface area (TPSA) is 37.3 Å². The second-order valence-electron chi connectivity index (χ2n) is 7.43. The van der Waals surface area contributed by atoms with Gasteiger partial charge in [-0.1, -0.05) is 0 Å². The Hall–Kier alpha value is -2.74. The fraction of sp³-hybridized carbons (Fsp3) is 0.0385. The molecule has 0 aliphatic carbocycles. The average Bonchev–Trinajstić information content (AvgIpc) is 2.80. The van der Waals surface area contributed by atoms with Gasteiger partial charge in [-0.15, -0.1) is 17.0 Å². The van der Waals surface area contributed by atoms with E-state index in [0.29, 0.717) is 5.56 Å². The van der Waals surface area contributed by atoms with Gasteiger partial charge >= 0.3 is 171 Å². The van der Waals surface area contributed by atoms with Crippen LogP contribution >= 0.6 is 23.6 Å². The Labute approximate surface area is 187 Å². The summed E-state index contributed by atoms with van der Waals surface area (Å²) in [7, 11) is 0. The monoisotopic (exact) mass is 478 g/mol. The third kappa shape index (κ3) is 3.29. The van der Waals surface area contributed by atoms with Gasteiger partial charge in [-0.25, -0.2) is 0 Å². The molecular weight excluding hydrogens is 455 g/mol. The van der Waals surface area contributed by atoms with Crippen LogP contribution in [-0.4, -0.2) is 17.7 Å². The number of carboxylic acids is 1. The summed E-state index contributed by atoms with van der Waals surface area (Å²) in [6, 6.07) is 38.9. The molecule has 0 spiro atoms. The first kappa shape index (κ1) is 22.0. The first-order valence-electron chi connectivity index (χ1n) is 9.57. The van der Waals surface area contributed by atoms with Crippen LogP contribution in [0.1, 0.15) is 10.4 Å². The predicted octanol–water partition coefficient (Wildman–Crippen LogP) is 4.75. The molecule has 0 unspecified atom stereocenters. The fourth-order valence-electron chi connectivity index (χ4n) is 4.28. The van der Waals surface area contributed by atoms with E-state index in [9.17, 15) is 9.90 Å². The van der Waals surface area contributed by atoms with E-state index >= 15 is 0 Å². The third-order valence-corrected chi connectivity index (χ3v) is 12.3. The van der Waals surface area contributed by atoms with Crippen molar-refractivity contribution in [3.05, 3.63) is 121 Å². The molecule has 4 aromatic rings. The zero-order chi connectivity index (χ0) is 20.3. The molecule has 4 rings (SSSR count). The maximum absolute atomic E-state index is 11.8. The molecule has 152 valence electrons. The first-order valence-corrected chi connectivity index (χ1v) is 12.3. The number of aromatic carboxylic acids is 1. The van der Waals surface area contributed by atoms with E-state index in [2.05, 4.69) is 85.5 Å². The molecule has 0 bridgehead atoms. The summed E-state index contributed by atoms with van der Waals surface area (Å²) in [5, 5.41) is 14.3. The summed E-state index contributed by atoms with van der Waals surface area (Å²) in [6.07, 6.45) is 0. The van der Waals surface area contributed by atoms with Crippen LogP contribution in [0.2, 0.25) is 0 Å². The molecule has 0 aliphatic rings. The second-order valence-corrected chi connectivity index (χ2v) is 12.6. The first-order chi connectivity index (χ1) is 14.1. The number of benzene rings is 4. The van der Waals surface area contributed by atoms with Crippen LogP contribution in [0.3, 0.4) is 0 Å². The molecule has 0 aliphatic heterocycles. The molecule has 30 heavy (non-hydrogen) atoms. The number of hydrogen-bond donors (Lipinski definition) is 1. The van der Waals surface area contributed by atoms with Gasteiger partial charge in [0.05, 0.1) is 0 Å². The van der Waals surface area contributed by atoms with Crippen molar-refractivity contribution in [3.8, 4) is 0 Å². The molecule has 0 aromatic heterocycles. The standard InChI is InChI=1S/C26H23O2P.BrH/c1-29(22-13-5-2-6-14-22,23-15-7-3-8-16-23,24-17-9-4-10-18-24)25-19-11-12-21(20-25)26(27)28;/h2-20H,1H3,(H,27,28);1H. The summed E-state index contributed by atoms with van der Waals surface area (Å²) in [5.74, 6) is -0.911. The normalized spacial score (nSPS) is 12.2. The van der Waals surface area contributed by atoms with Crippen molar-refractivity contribution < 1.29 is 9.90 Å². The zero-order valence-electron chi connectivity index (χ0n) is 16.7. The molecule has 4 heteroatoms. The van der Waals surface area contributed by atoms with E-state index in [1.165, 1.54) is 15.9 Å². The zero-order valence-corrected chi connectivity index (χ0v) is 19.3. The Balaban J connectivity index is 0.00000256. The number of rotatable bonds is 5. The van der Waals surface area contributed by atoms with E-state index in [-0.39, 0.29) is 17.0 Å². The van der Waals surface area contributed by atoms with Gasteiger partial charge in [-0.2, -0.15) is 0 Å². The van der Waals surface area contributed by atoms with Crippen molar-refractivity contribution in [2.45, 2.75) is 0 Å². The molecule has 4 aromatic carbocycles. The van der Waals surface area contributed by atoms with Crippen LogP contribution in [0.15, 0.2) is 115 Å². The fourth-order valence-corrected chi connectivity index (χ4v) is 9.74. The number of carboxylic acid groups (broad SMARTS) is 1. The molecule has 1 N–H and O–H groups in total. The van der Waals surface area contributed by atoms with Crippen LogP contribution < -0.4 is 21.2 Å². The van der Waals surface area contributed by atoms with Crippen molar-refractivity contribution in [2.75, 3.05) is 6.66 Å². The van der Waals surface area contributed by atoms with Gasteiger partial charge in [0.15, 0.2) is 0 Å². The molecule has 2 nitrogen and oxygen atoms in total. The van der Waals surface area contributed by atoms with Crippen molar-refractivity contribution in [3.63, 3.8) is 0 Å². The van der Waals surface area contributed by atoms with Crippen LogP contribution in [0.4, 0.5) is 0 Å². The van der Waals surface area contributed by atoms with Gasteiger partial charge < -0.3 is 0 Å². The third-order valence-electron chi connectivity index (χ3n) is 5.94. The Morgan fingerprint density at radius 3 is 1.33 bits per heavy atom. The summed E-state index contributed by atoms with van der Waals surface area (Å²) < 4.78 is 0. The molecule has 0 saturated heterocycles. The minimum atomic E-state index is -3.16. The van der Waals surface area contributed by atoms with E-state index in [4.69, 9.17) is 0 Å². The molecule has 0 saturated carbocycles. The second kappa shape index (κ2) is 8.55. The van der Waals surface area contributed by atoms with Crippen molar-refractivity contribution in [1.82, 2.24) is 0 Å². The van der Waals surface area contributed by atoms with Crippen LogP contribution in [-0.2, 0) is 0 Å². The van der Waals surface area contributed by atoms with Gasteiger partial charge in [-0.3, -0.25) is 0 Å². The van der Waals surface area contributed by atoms with Crippen molar-refractivity contribution in [1.29, 1.82) is 0 Å². The molecule has 0 fully saturated rings. The molecular formula is C26H24BrO2P. The Morgan fingerprint density at radius 1 is 0.600 bits per heavy atom. The van der Waals surface area contributed by atoms with Gasteiger partial charge in [0.25, 0.3) is 0 Å². The molecule has 0 amide bonds. The Bertz CT molecular complexity index is 1050. The van der Waals surface area contributed by atoms with Gasteiger partial charge in [-0.05, 0) is 0 Å². The van der Waals surface area contributed by atoms with E-state index < -0.39 is 12.6 Å². The van der Waals surface area contributed by atoms with E-state index in [1.54, 1.807) is 6.07 Å². The summed E-state index contributed by atoms with van der Waals surface area (Å²) in [5.41, 5.74) is 0.307. The van der Waals surface area contributed by atoms with Crippen molar-refractivity contribution in [2.24, 2.45) is 0 Å². The summed E-state index contributed by atoms with van der Waals surface area (Å²) in [4.78, 5) is 11.8. The van der Waals surface area contributed by atoms with Crippen LogP contribution in [0.25, 0.3) is 0 Å². The van der Waals surface area contributed by atoms with Gasteiger partial charge in [0.1, 0.15) is 0 Å². The SMILES string of the molecule is Br.CP(c1ccccc1)(c1ccccc1)(c1ccccc1)c1cccc(C(=O)O)c1. The number of hydrogen-bond acceptors (Lipinski definition) is 1. The van der Waals surface area contributed by atoms with E-state index in [1.807, 2.05) is 30.3 Å². The average molecular weight is 479 g/mol. The van der Waals surface area contributed by atoms with Crippen molar-refractivity contribution >= 4 is 50.8 Å². The maximum atomic E-state index is 11.8. The molecule has 0 radical (unpaired) electrons. The van der Waals surface area contributed by atoms with E-state index in [0.717, 1.165) is 5.30 Å². The summed E-state index contributed by atoms with van der Waals surface area (Å²) >= 11 is 0. The Morgan fingerprint density at radius 2 is 0.967 bits per heavy atom. The minimum absolute atomic E-state index is 0. The van der Waals surface area contributed by atoms with Crippen LogP contribution in [0.5, 0.6) is 0 Å². The van der Waals surface area contributed by atoms with Crippen LogP contribution in [0, 0.1) is 0 Å². The quantitative estimate of drug-likeness (QED) is 0.420. The predicted molar refractivity (Wildman–Crippen MR) is 134 cm³/mol. The Kier molecular flexibility index (Phi) is 6.26.